The molecule has 0 heterocycles. The molecule has 3 N–H and O–H groups in total. The maximum absolute atomic E-state index is 11.5. The van der Waals surface area contributed by atoms with Crippen LogP contribution in [0.15, 0.2) is 30.3 Å². The van der Waals surface area contributed by atoms with Gasteiger partial charge in [-0.15, -0.1) is 0 Å². The fraction of sp³-hybridized carbons (Fsp3) is 0.364. The fourth-order valence-electron chi connectivity index (χ4n) is 1.10. The van der Waals surface area contributed by atoms with Crippen molar-refractivity contribution in [3.8, 4) is 0 Å². The first-order chi connectivity index (χ1) is 7.63. The summed E-state index contributed by atoms with van der Waals surface area (Å²) in [6.07, 6.45) is 0. The Morgan fingerprint density at radius 1 is 1.44 bits per heavy atom. The smallest absolute Gasteiger partial charge is 0.237 e. The summed E-state index contributed by atoms with van der Waals surface area (Å²) in [5.74, 6) is -0.252. The van der Waals surface area contributed by atoms with Gasteiger partial charge in [-0.05, 0) is 19.1 Å². The van der Waals surface area contributed by atoms with Gasteiger partial charge < -0.3 is 11.1 Å². The number of para-hydroxylation sites is 1. The highest BCUT2D eigenvalue weighted by molar-refractivity contribution is 7.86. The zero-order chi connectivity index (χ0) is 12.0. The lowest BCUT2D eigenvalue weighted by molar-refractivity contribution is -0.113. The molecule has 1 aromatic carbocycles. The van der Waals surface area contributed by atoms with Crippen LogP contribution in [-0.4, -0.2) is 27.7 Å². The summed E-state index contributed by atoms with van der Waals surface area (Å²) in [4.78, 5) is 11.5. The van der Waals surface area contributed by atoms with Gasteiger partial charge in [0.25, 0.3) is 0 Å². The Bertz CT molecular complexity index is 368. The Balaban J connectivity index is 2.46. The van der Waals surface area contributed by atoms with Crippen molar-refractivity contribution in [3.63, 3.8) is 0 Å². The van der Waals surface area contributed by atoms with Gasteiger partial charge in [-0.2, -0.15) is 0 Å². The van der Waals surface area contributed by atoms with Crippen LogP contribution in [0.3, 0.4) is 0 Å². The zero-order valence-corrected chi connectivity index (χ0v) is 10.00. The van der Waals surface area contributed by atoms with Gasteiger partial charge in [0.05, 0.1) is 0 Å². The largest absolute Gasteiger partial charge is 0.329 e. The first-order valence-electron chi connectivity index (χ1n) is 5.05. The molecule has 2 unspecified atom stereocenters. The van der Waals surface area contributed by atoms with Crippen LogP contribution in [0.4, 0.5) is 5.69 Å². The minimum Gasteiger partial charge on any atom is -0.329 e. The van der Waals surface area contributed by atoms with Gasteiger partial charge in [-0.3, -0.25) is 9.00 Å². The van der Waals surface area contributed by atoms with Crippen LogP contribution in [0.1, 0.15) is 6.92 Å². The highest BCUT2D eigenvalue weighted by Crippen LogP contribution is 2.05. The Labute approximate surface area is 97.7 Å². The number of amides is 1. The Morgan fingerprint density at radius 2 is 2.06 bits per heavy atom. The van der Waals surface area contributed by atoms with Crippen molar-refractivity contribution < 1.29 is 9.00 Å². The van der Waals surface area contributed by atoms with Gasteiger partial charge in [0.15, 0.2) is 0 Å². The molecule has 0 aromatic heterocycles. The van der Waals surface area contributed by atoms with Gasteiger partial charge >= 0.3 is 0 Å². The maximum atomic E-state index is 11.5. The molecule has 2 atom stereocenters. The predicted octanol–water partition coefficient (Wildman–Crippen LogP) is 0.721. The van der Waals surface area contributed by atoms with Crippen molar-refractivity contribution in [3.05, 3.63) is 30.3 Å². The predicted molar refractivity (Wildman–Crippen MR) is 66.6 cm³/mol. The summed E-state index contributed by atoms with van der Waals surface area (Å²) in [7, 11) is -1.21. The van der Waals surface area contributed by atoms with Gasteiger partial charge in [0, 0.05) is 28.3 Å². The first kappa shape index (κ1) is 12.9. The molecule has 0 fully saturated rings. The first-order valence-corrected chi connectivity index (χ1v) is 6.44. The maximum Gasteiger partial charge on any atom is 0.237 e. The van der Waals surface area contributed by atoms with E-state index in [-0.39, 0.29) is 16.9 Å². The van der Waals surface area contributed by atoms with Gasteiger partial charge in [-0.1, -0.05) is 18.2 Å². The summed E-state index contributed by atoms with van der Waals surface area (Å²) in [6.45, 7) is 2.09. The number of hydrogen-bond donors (Lipinski definition) is 2. The van der Waals surface area contributed by atoms with Crippen LogP contribution in [0, 0.1) is 0 Å². The number of anilines is 1. The molecule has 5 heteroatoms. The van der Waals surface area contributed by atoms with E-state index in [1.807, 2.05) is 18.2 Å². The third-order valence-electron chi connectivity index (χ3n) is 2.11. The van der Waals surface area contributed by atoms with Crippen molar-refractivity contribution in [1.82, 2.24) is 0 Å². The molecule has 1 amide bonds. The minimum absolute atomic E-state index is 0.00669. The molecule has 4 nitrogen and oxygen atoms in total. The lowest BCUT2D eigenvalue weighted by atomic mass is 10.3. The van der Waals surface area contributed by atoms with E-state index in [9.17, 15) is 9.00 Å². The van der Waals surface area contributed by atoms with Crippen molar-refractivity contribution in [2.45, 2.75) is 12.2 Å². The quantitative estimate of drug-likeness (QED) is 0.796. The minimum atomic E-state index is -1.21. The molecule has 0 aliphatic carbocycles. The molecule has 0 spiro atoms. The number of carbonyl (C=O) groups is 1. The monoisotopic (exact) mass is 240 g/mol. The standard InChI is InChI=1S/C11H16N2O2S/c1-9(7-12)16(15)8-11(14)13-10-5-3-2-4-6-10/h2-6,9H,7-8,12H2,1H3,(H,13,14). The lowest BCUT2D eigenvalue weighted by Gasteiger charge is -2.08. The highest BCUT2D eigenvalue weighted by Gasteiger charge is 2.13. The highest BCUT2D eigenvalue weighted by atomic mass is 32.2. The average Bonchev–Trinajstić information content (AvgIpc) is 2.29. The summed E-state index contributed by atoms with van der Waals surface area (Å²) in [5.41, 5.74) is 6.09. The molecule has 0 aliphatic heterocycles. The van der Waals surface area contributed by atoms with Crippen molar-refractivity contribution in [1.29, 1.82) is 0 Å². The van der Waals surface area contributed by atoms with Crippen molar-refractivity contribution >= 4 is 22.4 Å². The van der Waals surface area contributed by atoms with E-state index in [4.69, 9.17) is 5.73 Å². The van der Waals surface area contributed by atoms with Gasteiger partial charge in [0.1, 0.15) is 5.75 Å². The molecule has 1 rings (SSSR count). The number of nitrogens with two attached hydrogens (primary N) is 1. The summed E-state index contributed by atoms with van der Waals surface area (Å²) in [5, 5.41) is 2.53. The fourth-order valence-corrected chi connectivity index (χ4v) is 1.93. The Hall–Kier alpha value is -1.20. The van der Waals surface area contributed by atoms with Gasteiger partial charge in [-0.25, -0.2) is 0 Å². The van der Waals surface area contributed by atoms with Crippen LogP contribution >= 0.6 is 0 Å². The number of benzene rings is 1. The van der Waals surface area contributed by atoms with Crippen LogP contribution in [0.25, 0.3) is 0 Å². The molecule has 88 valence electrons. The number of hydrogen-bond acceptors (Lipinski definition) is 3. The number of nitrogens with one attached hydrogen (secondary N) is 1. The number of rotatable bonds is 5. The third kappa shape index (κ3) is 4.12. The Morgan fingerprint density at radius 3 is 2.62 bits per heavy atom. The van der Waals surface area contributed by atoms with E-state index in [2.05, 4.69) is 5.32 Å². The van der Waals surface area contributed by atoms with Crippen LogP contribution < -0.4 is 11.1 Å². The van der Waals surface area contributed by atoms with E-state index >= 15 is 0 Å². The van der Waals surface area contributed by atoms with Crippen molar-refractivity contribution in [2.75, 3.05) is 17.6 Å². The van der Waals surface area contributed by atoms with E-state index in [1.54, 1.807) is 19.1 Å². The lowest BCUT2D eigenvalue weighted by Crippen LogP contribution is -2.29. The second-order valence-corrected chi connectivity index (χ2v) is 5.34. The second-order valence-electron chi connectivity index (χ2n) is 3.49. The third-order valence-corrected chi connectivity index (χ3v) is 3.75. The second kappa shape index (κ2) is 6.40. The SMILES string of the molecule is CC(CN)S(=O)CC(=O)Nc1ccccc1. The van der Waals surface area contributed by atoms with Gasteiger partial charge in [0.2, 0.25) is 5.91 Å². The normalized spacial score (nSPS) is 14.1. The molecule has 0 radical (unpaired) electrons. The zero-order valence-electron chi connectivity index (χ0n) is 9.18. The molecular formula is C11H16N2O2S. The number of carbonyl (C=O) groups excluding carboxylic acids is 1. The summed E-state index contributed by atoms with van der Waals surface area (Å²) >= 11 is 0. The summed E-state index contributed by atoms with van der Waals surface area (Å²) in [6, 6.07) is 9.09. The molecule has 0 saturated carbocycles. The van der Waals surface area contributed by atoms with Crippen LogP contribution in [0.5, 0.6) is 0 Å². The molecule has 0 saturated heterocycles. The van der Waals surface area contributed by atoms with E-state index < -0.39 is 10.8 Å². The topological polar surface area (TPSA) is 72.2 Å². The molecule has 16 heavy (non-hydrogen) atoms. The average molecular weight is 240 g/mol. The Kier molecular flexibility index (Phi) is 5.14. The van der Waals surface area contributed by atoms with E-state index in [1.165, 1.54) is 0 Å². The van der Waals surface area contributed by atoms with E-state index in [0.29, 0.717) is 12.2 Å². The molecule has 0 bridgehead atoms. The van der Waals surface area contributed by atoms with E-state index in [0.717, 1.165) is 0 Å². The van der Waals surface area contributed by atoms with Crippen molar-refractivity contribution in [2.24, 2.45) is 5.73 Å². The van der Waals surface area contributed by atoms with Crippen LogP contribution in [0.2, 0.25) is 0 Å². The molecule has 1 aromatic rings. The summed E-state index contributed by atoms with van der Waals surface area (Å²) < 4.78 is 11.5. The molecule has 0 aliphatic rings. The molecular weight excluding hydrogens is 224 g/mol. The van der Waals surface area contributed by atoms with Crippen LogP contribution in [-0.2, 0) is 15.6 Å².